The first kappa shape index (κ1) is 9.90. The van der Waals surface area contributed by atoms with E-state index in [-0.39, 0.29) is 0 Å². The fourth-order valence-electron chi connectivity index (χ4n) is 1.09. The van der Waals surface area contributed by atoms with E-state index in [4.69, 9.17) is 9.15 Å². The molecule has 0 fully saturated rings. The smallest absolute Gasteiger partial charge is 0.160 e. The molecule has 0 atom stereocenters. The van der Waals surface area contributed by atoms with Gasteiger partial charge in [-0.3, -0.25) is 0 Å². The molecule has 1 aromatic heterocycles. The van der Waals surface area contributed by atoms with Crippen LogP contribution in [0.1, 0.15) is 31.1 Å². The normalized spacial score (nSPS) is 10.0. The van der Waals surface area contributed by atoms with Gasteiger partial charge in [0.05, 0.1) is 6.61 Å². The van der Waals surface area contributed by atoms with Crippen molar-refractivity contribution in [1.82, 2.24) is 0 Å². The van der Waals surface area contributed by atoms with Gasteiger partial charge in [-0.2, -0.15) is 0 Å². The molecule has 1 rings (SSSR count). The minimum atomic E-state index is 0.757. The second-order valence-corrected chi connectivity index (χ2v) is 3.00. The molecule has 0 saturated heterocycles. The zero-order valence-corrected chi connectivity index (χ0v) is 8.30. The van der Waals surface area contributed by atoms with Crippen LogP contribution in [0, 0.1) is 6.92 Å². The molecule has 0 unspecified atom stereocenters. The van der Waals surface area contributed by atoms with Crippen molar-refractivity contribution in [1.29, 1.82) is 0 Å². The molecule has 0 bridgehead atoms. The topological polar surface area (TPSA) is 22.4 Å². The van der Waals surface area contributed by atoms with E-state index in [9.17, 15) is 0 Å². The first-order chi connectivity index (χ1) is 6.29. The van der Waals surface area contributed by atoms with Gasteiger partial charge in [0.1, 0.15) is 12.0 Å². The molecule has 0 aliphatic rings. The zero-order chi connectivity index (χ0) is 9.68. The monoisotopic (exact) mass is 180 g/mol. The SMILES string of the molecule is C=Cc1occ(OCCCC)c1C. The van der Waals surface area contributed by atoms with Crippen LogP contribution >= 0.6 is 0 Å². The van der Waals surface area contributed by atoms with Crippen molar-refractivity contribution >= 4 is 6.08 Å². The van der Waals surface area contributed by atoms with Gasteiger partial charge >= 0.3 is 0 Å². The number of unbranched alkanes of at least 4 members (excludes halogenated alkanes) is 1. The first-order valence-corrected chi connectivity index (χ1v) is 4.63. The molecule has 2 nitrogen and oxygen atoms in total. The largest absolute Gasteiger partial charge is 0.490 e. The third-order valence-electron chi connectivity index (χ3n) is 1.97. The van der Waals surface area contributed by atoms with Gasteiger partial charge in [-0.15, -0.1) is 0 Å². The van der Waals surface area contributed by atoms with Crippen LogP contribution in [-0.2, 0) is 0 Å². The van der Waals surface area contributed by atoms with Gasteiger partial charge in [-0.25, -0.2) is 0 Å². The Kier molecular flexibility index (Phi) is 3.62. The summed E-state index contributed by atoms with van der Waals surface area (Å²) in [6.45, 7) is 8.52. The summed E-state index contributed by atoms with van der Waals surface area (Å²) >= 11 is 0. The van der Waals surface area contributed by atoms with E-state index in [1.165, 1.54) is 0 Å². The van der Waals surface area contributed by atoms with Crippen LogP contribution in [0.4, 0.5) is 0 Å². The van der Waals surface area contributed by atoms with Crippen molar-refractivity contribution in [2.75, 3.05) is 6.61 Å². The Balaban J connectivity index is 2.56. The highest BCUT2D eigenvalue weighted by Crippen LogP contribution is 2.24. The molecule has 0 radical (unpaired) electrons. The third-order valence-corrected chi connectivity index (χ3v) is 1.97. The van der Waals surface area contributed by atoms with Crippen LogP contribution in [0.3, 0.4) is 0 Å². The standard InChI is InChI=1S/C11H16O2/c1-4-6-7-12-11-8-13-10(5-2)9(11)3/h5,8H,2,4,6-7H2,1,3H3. The minimum absolute atomic E-state index is 0.757. The van der Waals surface area contributed by atoms with E-state index in [2.05, 4.69) is 13.5 Å². The van der Waals surface area contributed by atoms with Crippen molar-refractivity contribution in [3.63, 3.8) is 0 Å². The average molecular weight is 180 g/mol. The van der Waals surface area contributed by atoms with E-state index < -0.39 is 0 Å². The van der Waals surface area contributed by atoms with Gasteiger partial charge in [0.25, 0.3) is 0 Å². The molecule has 72 valence electrons. The van der Waals surface area contributed by atoms with Crippen molar-refractivity contribution in [3.8, 4) is 5.75 Å². The Morgan fingerprint density at radius 3 is 2.92 bits per heavy atom. The van der Waals surface area contributed by atoms with E-state index in [1.807, 2.05) is 6.92 Å². The zero-order valence-electron chi connectivity index (χ0n) is 8.30. The highest BCUT2D eigenvalue weighted by Gasteiger charge is 2.06. The summed E-state index contributed by atoms with van der Waals surface area (Å²) in [5.41, 5.74) is 1.03. The lowest BCUT2D eigenvalue weighted by Gasteiger charge is -2.02. The number of hydrogen-bond acceptors (Lipinski definition) is 2. The van der Waals surface area contributed by atoms with Crippen LogP contribution in [0.5, 0.6) is 5.75 Å². The Hall–Kier alpha value is -1.18. The summed E-state index contributed by atoms with van der Waals surface area (Å²) in [6, 6.07) is 0. The Labute approximate surface area is 79.2 Å². The van der Waals surface area contributed by atoms with E-state index >= 15 is 0 Å². The van der Waals surface area contributed by atoms with Crippen molar-refractivity contribution in [3.05, 3.63) is 24.2 Å². The summed E-state index contributed by atoms with van der Waals surface area (Å²) in [6.07, 6.45) is 5.56. The van der Waals surface area contributed by atoms with Gasteiger partial charge in [0.15, 0.2) is 5.75 Å². The molecule has 13 heavy (non-hydrogen) atoms. The van der Waals surface area contributed by atoms with Crippen LogP contribution in [0.2, 0.25) is 0 Å². The highest BCUT2D eigenvalue weighted by atomic mass is 16.5. The minimum Gasteiger partial charge on any atom is -0.490 e. The summed E-state index contributed by atoms with van der Waals surface area (Å²) in [7, 11) is 0. The second-order valence-electron chi connectivity index (χ2n) is 3.00. The van der Waals surface area contributed by atoms with Crippen LogP contribution < -0.4 is 4.74 Å². The average Bonchev–Trinajstić information content (AvgIpc) is 2.48. The lowest BCUT2D eigenvalue weighted by Crippen LogP contribution is -1.96. The predicted octanol–water partition coefficient (Wildman–Crippen LogP) is 3.41. The molecule has 0 aromatic carbocycles. The molecule has 0 aliphatic carbocycles. The van der Waals surface area contributed by atoms with Gasteiger partial charge in [-0.05, 0) is 19.4 Å². The van der Waals surface area contributed by atoms with E-state index in [1.54, 1.807) is 12.3 Å². The van der Waals surface area contributed by atoms with Gasteiger partial charge in [-0.1, -0.05) is 19.9 Å². The maximum Gasteiger partial charge on any atom is 0.160 e. The van der Waals surface area contributed by atoms with Crippen LogP contribution in [0.15, 0.2) is 17.3 Å². The lowest BCUT2D eigenvalue weighted by molar-refractivity contribution is 0.304. The molecule has 0 spiro atoms. The van der Waals surface area contributed by atoms with Crippen molar-refractivity contribution < 1.29 is 9.15 Å². The number of furan rings is 1. The lowest BCUT2D eigenvalue weighted by atomic mass is 10.2. The maximum atomic E-state index is 5.52. The molecule has 0 amide bonds. The van der Waals surface area contributed by atoms with Crippen molar-refractivity contribution in [2.24, 2.45) is 0 Å². The van der Waals surface area contributed by atoms with Gasteiger partial charge in [0.2, 0.25) is 0 Å². The van der Waals surface area contributed by atoms with Crippen LogP contribution in [0.25, 0.3) is 6.08 Å². The van der Waals surface area contributed by atoms with E-state index in [0.29, 0.717) is 0 Å². The van der Waals surface area contributed by atoms with Crippen molar-refractivity contribution in [2.45, 2.75) is 26.7 Å². The second kappa shape index (κ2) is 4.75. The fourth-order valence-corrected chi connectivity index (χ4v) is 1.09. The van der Waals surface area contributed by atoms with Gasteiger partial charge in [0, 0.05) is 5.56 Å². The number of rotatable bonds is 5. The summed E-state index contributed by atoms with van der Waals surface area (Å²) in [5, 5.41) is 0. The number of ether oxygens (including phenoxy) is 1. The summed E-state index contributed by atoms with van der Waals surface area (Å²) in [5.74, 6) is 1.63. The molecule has 0 saturated carbocycles. The predicted molar refractivity (Wildman–Crippen MR) is 53.9 cm³/mol. The molecule has 1 aromatic rings. The Bertz CT molecular complexity index is 274. The van der Waals surface area contributed by atoms with E-state index in [0.717, 1.165) is 36.5 Å². The van der Waals surface area contributed by atoms with Gasteiger partial charge < -0.3 is 9.15 Å². The number of hydrogen-bond donors (Lipinski definition) is 0. The molecule has 0 aliphatic heterocycles. The Morgan fingerprint density at radius 2 is 2.38 bits per heavy atom. The maximum absolute atomic E-state index is 5.52. The van der Waals surface area contributed by atoms with Crippen LogP contribution in [-0.4, -0.2) is 6.61 Å². The Morgan fingerprint density at radius 1 is 1.62 bits per heavy atom. The fraction of sp³-hybridized carbons (Fsp3) is 0.455. The third kappa shape index (κ3) is 2.38. The molecular weight excluding hydrogens is 164 g/mol. The summed E-state index contributed by atoms with van der Waals surface area (Å²) in [4.78, 5) is 0. The first-order valence-electron chi connectivity index (χ1n) is 4.63. The molecule has 0 N–H and O–H groups in total. The molecule has 1 heterocycles. The highest BCUT2D eigenvalue weighted by molar-refractivity contribution is 5.49. The molecule has 2 heteroatoms. The quantitative estimate of drug-likeness (QED) is 0.648. The summed E-state index contributed by atoms with van der Waals surface area (Å²) < 4.78 is 10.8. The molecular formula is C11H16O2.